The van der Waals surface area contributed by atoms with E-state index in [2.05, 4.69) is 27.4 Å². The molecule has 2 heterocycles. The largest absolute Gasteiger partial charge is 0.342 e. The summed E-state index contributed by atoms with van der Waals surface area (Å²) in [7, 11) is 0. The van der Waals surface area contributed by atoms with Gasteiger partial charge >= 0.3 is 0 Å². The van der Waals surface area contributed by atoms with Gasteiger partial charge in [-0.25, -0.2) is 0 Å². The highest BCUT2D eigenvalue weighted by Gasteiger charge is 2.16. The Bertz CT molecular complexity index is 689. The van der Waals surface area contributed by atoms with E-state index < -0.39 is 0 Å². The van der Waals surface area contributed by atoms with Crippen LogP contribution in [0.2, 0.25) is 0 Å². The summed E-state index contributed by atoms with van der Waals surface area (Å²) in [5, 5.41) is 10.8. The molecule has 0 saturated carbocycles. The van der Waals surface area contributed by atoms with E-state index in [1.54, 1.807) is 19.3 Å². The van der Waals surface area contributed by atoms with Gasteiger partial charge in [0.2, 0.25) is 5.56 Å². The minimum atomic E-state index is -0.303. The Hall–Kier alpha value is -2.44. The van der Waals surface area contributed by atoms with Crippen LogP contribution in [0.5, 0.6) is 0 Å². The fourth-order valence-electron chi connectivity index (χ4n) is 2.17. The first-order chi connectivity index (χ1) is 10.0. The maximum atomic E-state index is 12.2. The molecule has 0 aromatic carbocycles. The van der Waals surface area contributed by atoms with E-state index in [1.165, 1.54) is 6.07 Å². The van der Waals surface area contributed by atoms with Crippen molar-refractivity contribution in [1.82, 2.24) is 25.1 Å². The van der Waals surface area contributed by atoms with Crippen LogP contribution < -0.4 is 10.9 Å². The standard InChI is InChI=1S/C14H19N5O2/c1-4-5-19-8-15-18-13(19)10(3)17-14(21)11-6-9(2)16-12(20)7-11/h6-8,10H,4-5H2,1-3H3,(H,16,20)(H,17,21)/t10-/m1/s1. The monoisotopic (exact) mass is 289 g/mol. The topological polar surface area (TPSA) is 92.7 Å². The zero-order valence-electron chi connectivity index (χ0n) is 12.4. The van der Waals surface area contributed by atoms with Crippen molar-refractivity contribution in [3.8, 4) is 0 Å². The summed E-state index contributed by atoms with van der Waals surface area (Å²) in [5.74, 6) is 0.398. The van der Waals surface area contributed by atoms with Gasteiger partial charge in [-0.3, -0.25) is 9.59 Å². The Balaban J connectivity index is 2.15. The van der Waals surface area contributed by atoms with E-state index in [9.17, 15) is 9.59 Å². The molecule has 0 saturated heterocycles. The lowest BCUT2D eigenvalue weighted by Crippen LogP contribution is -2.29. The fraction of sp³-hybridized carbons (Fsp3) is 0.429. The fourth-order valence-corrected chi connectivity index (χ4v) is 2.17. The smallest absolute Gasteiger partial charge is 0.252 e. The predicted octanol–water partition coefficient (Wildman–Crippen LogP) is 1.18. The quantitative estimate of drug-likeness (QED) is 0.864. The highest BCUT2D eigenvalue weighted by molar-refractivity contribution is 5.94. The van der Waals surface area contributed by atoms with Gasteiger partial charge in [-0.05, 0) is 26.3 Å². The van der Waals surface area contributed by atoms with Crippen molar-refractivity contribution >= 4 is 5.91 Å². The first-order valence-electron chi connectivity index (χ1n) is 6.90. The van der Waals surface area contributed by atoms with Crippen LogP contribution in [0.15, 0.2) is 23.3 Å². The second-order valence-corrected chi connectivity index (χ2v) is 4.99. The van der Waals surface area contributed by atoms with Crippen molar-refractivity contribution in [2.45, 2.75) is 39.8 Å². The molecule has 2 rings (SSSR count). The summed E-state index contributed by atoms with van der Waals surface area (Å²) >= 11 is 0. The molecule has 0 bridgehead atoms. The third-order valence-corrected chi connectivity index (χ3v) is 3.09. The molecule has 0 aliphatic heterocycles. The van der Waals surface area contributed by atoms with E-state index in [0.717, 1.165) is 13.0 Å². The van der Waals surface area contributed by atoms with Crippen LogP contribution in [-0.4, -0.2) is 25.7 Å². The number of hydrogen-bond acceptors (Lipinski definition) is 4. The highest BCUT2D eigenvalue weighted by atomic mass is 16.2. The third kappa shape index (κ3) is 3.56. The number of H-pyrrole nitrogens is 1. The molecule has 2 aromatic heterocycles. The van der Waals surface area contributed by atoms with Crippen LogP contribution in [0.25, 0.3) is 0 Å². The Kier molecular flexibility index (Phi) is 4.52. The first-order valence-corrected chi connectivity index (χ1v) is 6.90. The number of amides is 1. The van der Waals surface area contributed by atoms with Crippen LogP contribution in [0.3, 0.4) is 0 Å². The summed E-state index contributed by atoms with van der Waals surface area (Å²) in [4.78, 5) is 26.2. The molecule has 0 fully saturated rings. The van der Waals surface area contributed by atoms with Crippen LogP contribution in [0.4, 0.5) is 0 Å². The van der Waals surface area contributed by atoms with Gasteiger partial charge in [0.15, 0.2) is 5.82 Å². The van der Waals surface area contributed by atoms with E-state index in [1.807, 2.05) is 11.5 Å². The van der Waals surface area contributed by atoms with Crippen molar-refractivity contribution in [1.29, 1.82) is 0 Å². The number of carbonyl (C=O) groups excluding carboxylic acids is 1. The van der Waals surface area contributed by atoms with Crippen LogP contribution in [0.1, 0.15) is 48.2 Å². The SMILES string of the molecule is CCCn1cnnc1[C@@H](C)NC(=O)c1cc(C)[nH]c(=O)c1. The lowest BCUT2D eigenvalue weighted by molar-refractivity contribution is 0.0937. The molecule has 0 aliphatic carbocycles. The molecule has 1 amide bonds. The zero-order chi connectivity index (χ0) is 15.4. The van der Waals surface area contributed by atoms with E-state index in [4.69, 9.17) is 0 Å². The van der Waals surface area contributed by atoms with Crippen molar-refractivity contribution in [2.24, 2.45) is 0 Å². The molecule has 112 valence electrons. The molecular weight excluding hydrogens is 270 g/mol. The summed E-state index contributed by atoms with van der Waals surface area (Å²) in [6, 6.07) is 2.64. The van der Waals surface area contributed by atoms with Gasteiger partial charge in [0.25, 0.3) is 5.91 Å². The highest BCUT2D eigenvalue weighted by Crippen LogP contribution is 2.10. The molecule has 0 radical (unpaired) electrons. The normalized spacial score (nSPS) is 12.1. The van der Waals surface area contributed by atoms with E-state index >= 15 is 0 Å². The molecule has 7 nitrogen and oxygen atoms in total. The number of carbonyl (C=O) groups is 1. The Morgan fingerprint density at radius 3 is 2.90 bits per heavy atom. The lowest BCUT2D eigenvalue weighted by Gasteiger charge is -2.14. The van der Waals surface area contributed by atoms with Gasteiger partial charge in [-0.1, -0.05) is 6.92 Å². The predicted molar refractivity (Wildman–Crippen MR) is 78.0 cm³/mol. The number of nitrogens with zero attached hydrogens (tertiary/aromatic N) is 3. The molecule has 0 unspecified atom stereocenters. The Morgan fingerprint density at radius 2 is 2.24 bits per heavy atom. The first kappa shape index (κ1) is 15.0. The summed E-state index contributed by atoms with van der Waals surface area (Å²) in [6.45, 7) is 6.44. The van der Waals surface area contributed by atoms with Crippen molar-refractivity contribution < 1.29 is 4.79 Å². The summed E-state index contributed by atoms with van der Waals surface area (Å²) in [5.41, 5.74) is 0.695. The Morgan fingerprint density at radius 1 is 1.48 bits per heavy atom. The van der Waals surface area contributed by atoms with E-state index in [-0.39, 0.29) is 17.5 Å². The Labute approximate surface area is 122 Å². The number of aromatic nitrogens is 4. The van der Waals surface area contributed by atoms with Gasteiger partial charge < -0.3 is 14.9 Å². The van der Waals surface area contributed by atoms with Gasteiger partial charge in [0.05, 0.1) is 6.04 Å². The molecular formula is C14H19N5O2. The molecule has 0 spiro atoms. The van der Waals surface area contributed by atoms with Gasteiger partial charge in [0, 0.05) is 23.9 Å². The van der Waals surface area contributed by atoms with Crippen LogP contribution >= 0.6 is 0 Å². The molecule has 1 atom stereocenters. The lowest BCUT2D eigenvalue weighted by atomic mass is 10.2. The average molecular weight is 289 g/mol. The van der Waals surface area contributed by atoms with Gasteiger partial charge in [-0.15, -0.1) is 10.2 Å². The number of pyridine rings is 1. The zero-order valence-corrected chi connectivity index (χ0v) is 12.4. The minimum absolute atomic E-state index is 0.286. The van der Waals surface area contributed by atoms with Crippen molar-refractivity contribution in [2.75, 3.05) is 0 Å². The molecule has 2 N–H and O–H groups in total. The van der Waals surface area contributed by atoms with Crippen LogP contribution in [-0.2, 0) is 6.54 Å². The number of nitrogens with one attached hydrogen (secondary N) is 2. The number of rotatable bonds is 5. The van der Waals surface area contributed by atoms with Crippen LogP contribution in [0, 0.1) is 6.92 Å². The maximum absolute atomic E-state index is 12.2. The van der Waals surface area contributed by atoms with Crippen molar-refractivity contribution in [3.05, 3.63) is 45.9 Å². The maximum Gasteiger partial charge on any atom is 0.252 e. The van der Waals surface area contributed by atoms with Gasteiger partial charge in [-0.2, -0.15) is 0 Å². The van der Waals surface area contributed by atoms with Crippen molar-refractivity contribution in [3.63, 3.8) is 0 Å². The third-order valence-electron chi connectivity index (χ3n) is 3.09. The molecule has 21 heavy (non-hydrogen) atoms. The minimum Gasteiger partial charge on any atom is -0.342 e. The summed E-state index contributed by atoms with van der Waals surface area (Å²) in [6.07, 6.45) is 2.61. The van der Waals surface area contributed by atoms with E-state index in [0.29, 0.717) is 17.1 Å². The second-order valence-electron chi connectivity index (χ2n) is 4.99. The molecule has 0 aliphatic rings. The molecule has 7 heteroatoms. The number of aromatic amines is 1. The molecule has 2 aromatic rings. The average Bonchev–Trinajstić information content (AvgIpc) is 2.86. The van der Waals surface area contributed by atoms with Gasteiger partial charge in [0.1, 0.15) is 6.33 Å². The number of aryl methyl sites for hydroxylation is 2. The number of hydrogen-bond donors (Lipinski definition) is 2. The summed E-state index contributed by atoms with van der Waals surface area (Å²) < 4.78 is 1.91. The second kappa shape index (κ2) is 6.34.